The van der Waals surface area contributed by atoms with Crippen molar-refractivity contribution in [1.29, 1.82) is 0 Å². The predicted octanol–water partition coefficient (Wildman–Crippen LogP) is 3.02. The van der Waals surface area contributed by atoms with Crippen LogP contribution >= 0.6 is 0 Å². The number of carboxylic acid groups (broad SMARTS) is 1. The molecular weight excluding hydrogens is 393 g/mol. The highest BCUT2D eigenvalue weighted by molar-refractivity contribution is 5.91. The van der Waals surface area contributed by atoms with E-state index in [0.717, 1.165) is 12.1 Å². The number of rotatable bonds is 5. The van der Waals surface area contributed by atoms with Crippen LogP contribution in [0.5, 0.6) is 5.75 Å². The fraction of sp³-hybridized carbons (Fsp3) is 0.333. The van der Waals surface area contributed by atoms with Gasteiger partial charge in [0.2, 0.25) is 5.91 Å². The van der Waals surface area contributed by atoms with Crippen molar-refractivity contribution in [3.05, 3.63) is 47.7 Å². The van der Waals surface area contributed by atoms with E-state index >= 15 is 0 Å². The van der Waals surface area contributed by atoms with Gasteiger partial charge in [-0.3, -0.25) is 4.79 Å². The summed E-state index contributed by atoms with van der Waals surface area (Å²) in [4.78, 5) is 24.4. The van der Waals surface area contributed by atoms with Crippen LogP contribution in [-0.2, 0) is 11.2 Å². The second kappa shape index (κ2) is 8.33. The average Bonchev–Trinajstić information content (AvgIpc) is 3.11. The topological polar surface area (TPSA) is 105 Å². The standard InChI is InChI=1S/C18H17F3N4O4/c19-18(20,21)29-13-3-1-2-11(8-13)9-16(26)22-15-5-4-14(23-24-15)12-6-7-25(10-12)17(27)28/h1-5,8,12H,6-7,9-10H2,(H,27,28)(H,22,24,26). The fourth-order valence-corrected chi connectivity index (χ4v) is 3.03. The Morgan fingerprint density at radius 1 is 1.24 bits per heavy atom. The van der Waals surface area contributed by atoms with E-state index < -0.39 is 24.1 Å². The molecule has 1 aromatic heterocycles. The molecule has 0 radical (unpaired) electrons. The molecule has 1 saturated heterocycles. The van der Waals surface area contributed by atoms with Crippen molar-refractivity contribution in [2.75, 3.05) is 18.4 Å². The Kier molecular flexibility index (Phi) is 5.85. The first-order valence-electron chi connectivity index (χ1n) is 8.65. The highest BCUT2D eigenvalue weighted by atomic mass is 19.4. The Morgan fingerprint density at radius 3 is 2.66 bits per heavy atom. The van der Waals surface area contributed by atoms with E-state index in [9.17, 15) is 22.8 Å². The van der Waals surface area contributed by atoms with E-state index in [2.05, 4.69) is 20.3 Å². The molecule has 2 N–H and O–H groups in total. The molecule has 2 amide bonds. The van der Waals surface area contributed by atoms with Crippen molar-refractivity contribution < 1.29 is 32.6 Å². The number of carbonyl (C=O) groups is 2. The molecule has 1 aliphatic heterocycles. The molecule has 1 unspecified atom stereocenters. The number of aromatic nitrogens is 2. The number of alkyl halides is 3. The lowest BCUT2D eigenvalue weighted by Crippen LogP contribution is -2.26. The van der Waals surface area contributed by atoms with E-state index in [4.69, 9.17) is 5.11 Å². The molecule has 0 aliphatic carbocycles. The van der Waals surface area contributed by atoms with E-state index in [0.29, 0.717) is 30.8 Å². The van der Waals surface area contributed by atoms with Crippen LogP contribution in [0.15, 0.2) is 36.4 Å². The third kappa shape index (κ3) is 5.80. The van der Waals surface area contributed by atoms with Gasteiger partial charge in [0, 0.05) is 19.0 Å². The minimum atomic E-state index is -4.81. The van der Waals surface area contributed by atoms with Gasteiger partial charge in [0.1, 0.15) is 5.75 Å². The quantitative estimate of drug-likeness (QED) is 0.785. The van der Waals surface area contributed by atoms with Crippen LogP contribution in [0.1, 0.15) is 23.6 Å². The maximum absolute atomic E-state index is 12.3. The molecule has 1 aromatic carbocycles. The number of anilines is 1. The third-order valence-electron chi connectivity index (χ3n) is 4.33. The van der Waals surface area contributed by atoms with Crippen molar-refractivity contribution >= 4 is 17.8 Å². The first-order chi connectivity index (χ1) is 13.7. The Morgan fingerprint density at radius 2 is 2.03 bits per heavy atom. The lowest BCUT2D eigenvalue weighted by molar-refractivity contribution is -0.274. The summed E-state index contributed by atoms with van der Waals surface area (Å²) in [7, 11) is 0. The Labute approximate surface area is 163 Å². The number of nitrogens with one attached hydrogen (secondary N) is 1. The second-order valence-electron chi connectivity index (χ2n) is 6.48. The fourth-order valence-electron chi connectivity index (χ4n) is 3.03. The number of likely N-dealkylation sites (tertiary alicyclic amines) is 1. The van der Waals surface area contributed by atoms with Gasteiger partial charge in [-0.15, -0.1) is 18.3 Å². The van der Waals surface area contributed by atoms with Crippen molar-refractivity contribution in [3.63, 3.8) is 0 Å². The number of nitrogens with zero attached hydrogens (tertiary/aromatic N) is 3. The van der Waals surface area contributed by atoms with E-state index in [1.165, 1.54) is 17.0 Å². The zero-order chi connectivity index (χ0) is 21.0. The normalized spacial score (nSPS) is 16.5. The van der Waals surface area contributed by atoms with Crippen LogP contribution in [0.2, 0.25) is 0 Å². The molecule has 0 saturated carbocycles. The zero-order valence-electron chi connectivity index (χ0n) is 15.0. The minimum Gasteiger partial charge on any atom is -0.465 e. The van der Waals surface area contributed by atoms with Crippen molar-refractivity contribution in [2.45, 2.75) is 25.1 Å². The van der Waals surface area contributed by atoms with Crippen molar-refractivity contribution in [1.82, 2.24) is 15.1 Å². The summed E-state index contributed by atoms with van der Waals surface area (Å²) < 4.78 is 40.7. The van der Waals surface area contributed by atoms with Crippen LogP contribution in [0.25, 0.3) is 0 Å². The maximum Gasteiger partial charge on any atom is 0.573 e. The van der Waals surface area contributed by atoms with Crippen LogP contribution < -0.4 is 10.1 Å². The van der Waals surface area contributed by atoms with Gasteiger partial charge in [-0.25, -0.2) is 4.79 Å². The first-order valence-corrected chi connectivity index (χ1v) is 8.65. The first kappa shape index (κ1) is 20.4. The van der Waals surface area contributed by atoms with Crippen LogP contribution in [0, 0.1) is 0 Å². The van der Waals surface area contributed by atoms with E-state index in [1.54, 1.807) is 12.1 Å². The van der Waals surface area contributed by atoms with Crippen LogP contribution in [-0.4, -0.2) is 51.7 Å². The van der Waals surface area contributed by atoms with Gasteiger partial charge >= 0.3 is 12.5 Å². The summed E-state index contributed by atoms with van der Waals surface area (Å²) in [6, 6.07) is 8.36. The van der Waals surface area contributed by atoms with Crippen molar-refractivity contribution in [3.8, 4) is 5.75 Å². The molecule has 1 atom stereocenters. The molecule has 2 heterocycles. The molecule has 2 aromatic rings. The van der Waals surface area contributed by atoms with Crippen molar-refractivity contribution in [2.24, 2.45) is 0 Å². The Balaban J connectivity index is 1.56. The number of halogens is 3. The molecule has 154 valence electrons. The SMILES string of the molecule is O=C(Cc1cccc(OC(F)(F)F)c1)Nc1ccc(C2CCN(C(=O)O)C2)nn1. The largest absolute Gasteiger partial charge is 0.573 e. The number of benzene rings is 1. The molecule has 1 aliphatic rings. The smallest absolute Gasteiger partial charge is 0.465 e. The molecule has 1 fully saturated rings. The number of ether oxygens (including phenoxy) is 1. The highest BCUT2D eigenvalue weighted by Crippen LogP contribution is 2.26. The Bertz CT molecular complexity index is 889. The van der Waals surface area contributed by atoms with Crippen LogP contribution in [0.3, 0.4) is 0 Å². The van der Waals surface area contributed by atoms with Gasteiger partial charge in [-0.2, -0.15) is 5.10 Å². The van der Waals surface area contributed by atoms with Gasteiger partial charge < -0.3 is 20.1 Å². The van der Waals surface area contributed by atoms with Gasteiger partial charge in [0.25, 0.3) is 0 Å². The summed E-state index contributed by atoms with van der Waals surface area (Å²) in [5.74, 6) is -0.748. The highest BCUT2D eigenvalue weighted by Gasteiger charge is 2.31. The molecule has 29 heavy (non-hydrogen) atoms. The zero-order valence-corrected chi connectivity index (χ0v) is 15.0. The second-order valence-corrected chi connectivity index (χ2v) is 6.48. The number of carbonyl (C=O) groups excluding carboxylic acids is 1. The molecule has 11 heteroatoms. The summed E-state index contributed by atoms with van der Waals surface area (Å²) >= 11 is 0. The molecule has 8 nitrogen and oxygen atoms in total. The van der Waals surface area contributed by atoms with Gasteiger partial charge in [-0.05, 0) is 36.2 Å². The Hall–Kier alpha value is -3.37. The lowest BCUT2D eigenvalue weighted by atomic mass is 10.1. The van der Waals surface area contributed by atoms with Gasteiger partial charge in [-0.1, -0.05) is 12.1 Å². The molecule has 3 rings (SSSR count). The lowest BCUT2D eigenvalue weighted by Gasteiger charge is -2.12. The number of hydrogen-bond acceptors (Lipinski definition) is 5. The van der Waals surface area contributed by atoms with Gasteiger partial charge in [0.05, 0.1) is 12.1 Å². The maximum atomic E-state index is 12.3. The van der Waals surface area contributed by atoms with E-state index in [1.807, 2.05) is 0 Å². The van der Waals surface area contributed by atoms with Gasteiger partial charge in [0.15, 0.2) is 5.82 Å². The monoisotopic (exact) mass is 410 g/mol. The summed E-state index contributed by atoms with van der Waals surface area (Å²) in [5.41, 5.74) is 0.970. The molecule has 0 bridgehead atoms. The minimum absolute atomic E-state index is 0.0558. The summed E-state index contributed by atoms with van der Waals surface area (Å²) in [6.07, 6.45) is -5.31. The van der Waals surface area contributed by atoms with E-state index in [-0.39, 0.29) is 18.2 Å². The summed E-state index contributed by atoms with van der Waals surface area (Å²) in [5, 5.41) is 19.5. The third-order valence-corrected chi connectivity index (χ3v) is 4.33. The van der Waals surface area contributed by atoms with Crippen LogP contribution in [0.4, 0.5) is 23.8 Å². The average molecular weight is 410 g/mol. The molecular formula is C18H17F3N4O4. The predicted molar refractivity (Wildman–Crippen MR) is 94.4 cm³/mol. The summed E-state index contributed by atoms with van der Waals surface area (Å²) in [6.45, 7) is 0.767. The number of amides is 2. The molecule has 0 spiro atoms. The number of hydrogen-bond donors (Lipinski definition) is 2.